The van der Waals surface area contributed by atoms with Crippen LogP contribution in [0.1, 0.15) is 30.9 Å². The number of rotatable bonds is 9. The number of benzene rings is 3. The Labute approximate surface area is 226 Å². The molecular formula is C26H25BrIN3O4. The number of nitrogens with two attached hydrogens (primary N) is 1. The molecule has 5 N–H and O–H groups in total. The predicted molar refractivity (Wildman–Crippen MR) is 150 cm³/mol. The normalized spacial score (nSPS) is 11.7. The average Bonchev–Trinajstić information content (AvgIpc) is 2.82. The maximum absolute atomic E-state index is 12.6. The minimum atomic E-state index is -0.661. The van der Waals surface area contributed by atoms with Crippen molar-refractivity contribution >= 4 is 67.6 Å². The third kappa shape index (κ3) is 8.59. The minimum Gasteiger partial charge on any atom is -0.508 e. The third-order valence-corrected chi connectivity index (χ3v) is 6.20. The van der Waals surface area contributed by atoms with Crippen LogP contribution >= 0.6 is 38.5 Å². The molecule has 0 radical (unpaired) electrons. The van der Waals surface area contributed by atoms with E-state index in [2.05, 4.69) is 49.2 Å². The van der Waals surface area contributed by atoms with Crippen molar-refractivity contribution in [1.82, 2.24) is 0 Å². The van der Waals surface area contributed by atoms with Crippen molar-refractivity contribution in [2.24, 2.45) is 0 Å². The molecule has 9 heteroatoms. The number of nitrogen functional groups attached to an aromatic ring is 1. The lowest BCUT2D eigenvalue weighted by molar-refractivity contribution is -0.111. The van der Waals surface area contributed by atoms with Crippen molar-refractivity contribution in [1.29, 1.82) is 0 Å². The summed E-state index contributed by atoms with van der Waals surface area (Å²) in [7, 11) is 0. The number of aromatic hydroxyl groups is 1. The van der Waals surface area contributed by atoms with Gasteiger partial charge in [-0.1, -0.05) is 34.1 Å². The van der Waals surface area contributed by atoms with Crippen LogP contribution in [0.25, 0.3) is 0 Å². The summed E-state index contributed by atoms with van der Waals surface area (Å²) in [6, 6.07) is 19.3. The van der Waals surface area contributed by atoms with Crippen molar-refractivity contribution in [3.8, 4) is 5.75 Å². The van der Waals surface area contributed by atoms with Crippen LogP contribution in [0.4, 0.5) is 21.9 Å². The van der Waals surface area contributed by atoms with Gasteiger partial charge >= 0.3 is 6.09 Å². The highest BCUT2D eigenvalue weighted by atomic mass is 127. The molecule has 0 bridgehead atoms. The van der Waals surface area contributed by atoms with Gasteiger partial charge in [-0.25, -0.2) is 4.79 Å². The lowest BCUT2D eigenvalue weighted by Gasteiger charge is -2.20. The van der Waals surface area contributed by atoms with Crippen LogP contribution in [0.3, 0.4) is 0 Å². The number of phenols is 1. The standard InChI is InChI=1S/C26H25BrIN3O4/c27-17-10-13-19(14-11-17)30-26(34)35-24(20-16-18(28)12-15-23(20)32)8-2-1-3-9-25(33)31-22-7-5-4-6-21(22)29/h3-7,9-16,24,32H,1-2,8,29H2,(H,30,34)(H,31,33)/b9-3+/t24-/m0/s1. The number of phenolic OH excluding ortho intramolecular Hbond substituents is 1. The fourth-order valence-corrected chi connectivity index (χ4v) is 4.05. The van der Waals surface area contributed by atoms with E-state index in [1.165, 1.54) is 6.08 Å². The molecule has 182 valence electrons. The zero-order chi connectivity index (χ0) is 25.2. The molecule has 0 spiro atoms. The van der Waals surface area contributed by atoms with Gasteiger partial charge in [0.05, 0.1) is 11.4 Å². The van der Waals surface area contributed by atoms with E-state index in [0.717, 1.165) is 8.04 Å². The number of allylic oxidation sites excluding steroid dienone is 1. The molecule has 3 aromatic rings. The van der Waals surface area contributed by atoms with Crippen LogP contribution in [0.15, 0.2) is 83.4 Å². The lowest BCUT2D eigenvalue weighted by atomic mass is 10.0. The van der Waals surface area contributed by atoms with Crippen molar-refractivity contribution in [2.45, 2.75) is 25.4 Å². The van der Waals surface area contributed by atoms with Crippen LogP contribution in [-0.4, -0.2) is 17.1 Å². The monoisotopic (exact) mass is 649 g/mol. The Morgan fingerprint density at radius 2 is 1.83 bits per heavy atom. The Morgan fingerprint density at radius 1 is 1.09 bits per heavy atom. The predicted octanol–water partition coefficient (Wildman–Crippen LogP) is 7.00. The topological polar surface area (TPSA) is 114 Å². The molecule has 0 saturated carbocycles. The first-order chi connectivity index (χ1) is 16.8. The second kappa shape index (κ2) is 13.1. The summed E-state index contributed by atoms with van der Waals surface area (Å²) in [6.07, 6.45) is 3.58. The second-order valence-corrected chi connectivity index (χ2v) is 9.80. The molecular weight excluding hydrogens is 625 g/mol. The van der Waals surface area contributed by atoms with Crippen molar-refractivity contribution in [2.75, 3.05) is 16.4 Å². The number of hydrogen-bond acceptors (Lipinski definition) is 5. The van der Waals surface area contributed by atoms with E-state index in [1.54, 1.807) is 60.7 Å². The van der Waals surface area contributed by atoms with E-state index >= 15 is 0 Å². The summed E-state index contributed by atoms with van der Waals surface area (Å²) in [5, 5.41) is 15.8. The maximum atomic E-state index is 12.6. The fourth-order valence-electron chi connectivity index (χ4n) is 3.27. The molecule has 3 aromatic carbocycles. The molecule has 0 aliphatic rings. The Morgan fingerprint density at radius 3 is 2.57 bits per heavy atom. The smallest absolute Gasteiger partial charge is 0.412 e. The number of para-hydroxylation sites is 2. The number of hydrogen-bond donors (Lipinski definition) is 4. The summed E-state index contributed by atoms with van der Waals surface area (Å²) >= 11 is 5.50. The fraction of sp³-hybridized carbons (Fsp3) is 0.154. The minimum absolute atomic E-state index is 0.0576. The van der Waals surface area contributed by atoms with Gasteiger partial charge in [0, 0.05) is 19.3 Å². The molecule has 35 heavy (non-hydrogen) atoms. The number of unbranched alkanes of at least 4 members (excludes halogenated alkanes) is 1. The van der Waals surface area contributed by atoms with Gasteiger partial charge in [-0.3, -0.25) is 10.1 Å². The first-order valence-electron chi connectivity index (χ1n) is 10.9. The zero-order valence-electron chi connectivity index (χ0n) is 18.7. The first kappa shape index (κ1) is 26.6. The zero-order valence-corrected chi connectivity index (χ0v) is 22.5. The molecule has 1 atom stereocenters. The molecule has 0 fully saturated rings. The molecule has 0 unspecified atom stereocenters. The van der Waals surface area contributed by atoms with Crippen LogP contribution in [0.2, 0.25) is 0 Å². The lowest BCUT2D eigenvalue weighted by Crippen LogP contribution is -2.18. The number of halogens is 2. The van der Waals surface area contributed by atoms with Gasteiger partial charge < -0.3 is 20.9 Å². The average molecular weight is 650 g/mol. The summed E-state index contributed by atoms with van der Waals surface area (Å²) in [5.74, 6) is -0.220. The van der Waals surface area contributed by atoms with Crippen molar-refractivity contribution in [3.05, 3.63) is 92.5 Å². The quantitative estimate of drug-likeness (QED) is 0.0863. The molecule has 7 nitrogen and oxygen atoms in total. The Balaban J connectivity index is 1.59. The van der Waals surface area contributed by atoms with Gasteiger partial charge in [-0.2, -0.15) is 0 Å². The van der Waals surface area contributed by atoms with E-state index in [9.17, 15) is 14.7 Å². The van der Waals surface area contributed by atoms with Crippen LogP contribution in [-0.2, 0) is 9.53 Å². The highest BCUT2D eigenvalue weighted by molar-refractivity contribution is 14.1. The molecule has 0 aliphatic carbocycles. The van der Waals surface area contributed by atoms with Gasteiger partial charge in [0.2, 0.25) is 5.91 Å². The van der Waals surface area contributed by atoms with Gasteiger partial charge in [0.25, 0.3) is 0 Å². The maximum Gasteiger partial charge on any atom is 0.412 e. The number of nitrogens with one attached hydrogen (secondary N) is 2. The van der Waals surface area contributed by atoms with E-state index in [1.807, 2.05) is 12.1 Å². The molecule has 0 aromatic heterocycles. The van der Waals surface area contributed by atoms with E-state index in [-0.39, 0.29) is 11.7 Å². The van der Waals surface area contributed by atoms with Crippen LogP contribution in [0, 0.1) is 3.57 Å². The molecule has 0 aliphatic heterocycles. The highest BCUT2D eigenvalue weighted by Gasteiger charge is 2.20. The number of anilines is 3. The summed E-state index contributed by atoms with van der Waals surface area (Å²) in [4.78, 5) is 24.7. The second-order valence-electron chi connectivity index (χ2n) is 7.64. The number of carbonyl (C=O) groups excluding carboxylic acids is 2. The van der Waals surface area contributed by atoms with Crippen LogP contribution in [0.5, 0.6) is 5.75 Å². The number of ether oxygens (including phenoxy) is 1. The Kier molecular flexibility index (Phi) is 9.98. The third-order valence-electron chi connectivity index (χ3n) is 5.00. The van der Waals surface area contributed by atoms with E-state index in [0.29, 0.717) is 41.9 Å². The highest BCUT2D eigenvalue weighted by Crippen LogP contribution is 2.32. The SMILES string of the molecule is Nc1ccccc1NC(=O)/C=C/CCC[C@H](OC(=O)Nc1ccc(Br)cc1)c1cc(I)ccc1O. The van der Waals surface area contributed by atoms with E-state index in [4.69, 9.17) is 10.5 Å². The van der Waals surface area contributed by atoms with Gasteiger partial charge in [0.15, 0.2) is 0 Å². The summed E-state index contributed by atoms with van der Waals surface area (Å²) < 4.78 is 7.49. The largest absolute Gasteiger partial charge is 0.508 e. The molecule has 2 amide bonds. The number of amides is 2. The van der Waals surface area contributed by atoms with Gasteiger partial charge in [-0.15, -0.1) is 0 Å². The van der Waals surface area contributed by atoms with Crippen molar-refractivity contribution < 1.29 is 19.4 Å². The first-order valence-corrected chi connectivity index (χ1v) is 12.7. The van der Waals surface area contributed by atoms with Gasteiger partial charge in [0.1, 0.15) is 11.9 Å². The summed E-state index contributed by atoms with van der Waals surface area (Å²) in [6.45, 7) is 0. The molecule has 3 rings (SSSR count). The van der Waals surface area contributed by atoms with Crippen molar-refractivity contribution in [3.63, 3.8) is 0 Å². The summed E-state index contributed by atoms with van der Waals surface area (Å²) in [5.41, 5.74) is 8.02. The van der Waals surface area contributed by atoms with Gasteiger partial charge in [-0.05, 0) is 103 Å². The Bertz CT molecular complexity index is 1200. The van der Waals surface area contributed by atoms with E-state index < -0.39 is 12.2 Å². The molecule has 0 heterocycles. The number of carbonyl (C=O) groups is 2. The molecule has 0 saturated heterocycles. The van der Waals surface area contributed by atoms with Crippen LogP contribution < -0.4 is 16.4 Å². The Hall–Kier alpha value is -3.05.